The molecular formula is C30H40FN3O8S. The third-order valence-electron chi connectivity index (χ3n) is 8.03. The summed E-state index contributed by atoms with van der Waals surface area (Å²) in [5.74, 6) is -0.738. The molecule has 1 aromatic heterocycles. The zero-order chi connectivity index (χ0) is 31.2. The van der Waals surface area contributed by atoms with Gasteiger partial charge in [0.05, 0.1) is 24.8 Å². The molecule has 1 saturated carbocycles. The van der Waals surface area contributed by atoms with E-state index in [9.17, 15) is 27.5 Å². The molecule has 1 aromatic carbocycles. The molecular weight excluding hydrogens is 581 g/mol. The molecule has 2 N–H and O–H groups in total. The number of nitrogens with zero attached hydrogens (tertiary/aromatic N) is 2. The fraction of sp³-hybridized carbons (Fsp3) is 0.567. The van der Waals surface area contributed by atoms with Gasteiger partial charge in [0.2, 0.25) is 5.88 Å². The Morgan fingerprint density at radius 2 is 1.81 bits per heavy atom. The molecule has 13 heteroatoms. The maximum atomic E-state index is 13.3. The molecule has 236 valence electrons. The summed E-state index contributed by atoms with van der Waals surface area (Å²) in [6.45, 7) is 5.55. The van der Waals surface area contributed by atoms with Gasteiger partial charge in [-0.3, -0.25) is 13.4 Å². The lowest BCUT2D eigenvalue weighted by molar-refractivity contribution is -0.152. The largest absolute Gasteiger partial charge is 0.476 e. The molecule has 0 spiro atoms. The Balaban J connectivity index is 1.48. The highest BCUT2D eigenvalue weighted by molar-refractivity contribution is 7.86. The van der Waals surface area contributed by atoms with Gasteiger partial charge in [0.1, 0.15) is 23.0 Å². The normalized spacial score (nSPS) is 18.6. The molecule has 2 fully saturated rings. The minimum atomic E-state index is -3.94. The fourth-order valence-corrected chi connectivity index (χ4v) is 5.93. The number of esters is 1. The number of aliphatic hydroxyl groups is 1. The van der Waals surface area contributed by atoms with Crippen LogP contribution in [0.15, 0.2) is 41.3 Å². The van der Waals surface area contributed by atoms with Crippen molar-refractivity contribution in [3.05, 3.63) is 47.7 Å². The van der Waals surface area contributed by atoms with Crippen LogP contribution in [-0.4, -0.2) is 81.6 Å². The van der Waals surface area contributed by atoms with Crippen LogP contribution in [0, 0.1) is 18.8 Å². The van der Waals surface area contributed by atoms with Crippen molar-refractivity contribution in [2.75, 3.05) is 44.5 Å². The van der Waals surface area contributed by atoms with Gasteiger partial charge < -0.3 is 24.8 Å². The number of aryl methyl sites for hydroxylation is 1. The molecule has 2 atom stereocenters. The van der Waals surface area contributed by atoms with Crippen LogP contribution < -0.4 is 15.0 Å². The number of anilines is 1. The van der Waals surface area contributed by atoms with Crippen LogP contribution in [0.4, 0.5) is 10.1 Å². The van der Waals surface area contributed by atoms with Gasteiger partial charge in [0.25, 0.3) is 16.0 Å². The number of carbonyl (C=O) groups excluding carboxylic acids is 2. The number of ether oxygens (including phenoxy) is 2. The maximum Gasteiger partial charge on any atom is 0.331 e. The van der Waals surface area contributed by atoms with Crippen molar-refractivity contribution in [2.24, 2.45) is 11.8 Å². The van der Waals surface area contributed by atoms with E-state index >= 15 is 0 Å². The number of hydrogen-bond donors (Lipinski definition) is 2. The van der Waals surface area contributed by atoms with Crippen molar-refractivity contribution < 1.29 is 41.2 Å². The van der Waals surface area contributed by atoms with E-state index in [0.717, 1.165) is 12.0 Å². The SMILES string of the molecule is CCC(CC)(NC(=O)c1ccc(N2CC(OS(=O)(=O)c3ccc(C)cc3)C2)c(OC[C@H]2C[C@@H]2CO)n1)C(=O)OCCCF. The number of halogens is 1. The van der Waals surface area contributed by atoms with Gasteiger partial charge in [-0.1, -0.05) is 31.5 Å². The minimum Gasteiger partial charge on any atom is -0.476 e. The van der Waals surface area contributed by atoms with Gasteiger partial charge >= 0.3 is 5.97 Å². The first kappa shape index (κ1) is 32.6. The molecule has 1 aliphatic heterocycles. The third-order valence-corrected chi connectivity index (χ3v) is 9.41. The quantitative estimate of drug-likeness (QED) is 0.163. The van der Waals surface area contributed by atoms with E-state index in [-0.39, 0.29) is 73.9 Å². The van der Waals surface area contributed by atoms with Crippen molar-refractivity contribution in [3.8, 4) is 5.88 Å². The highest BCUT2D eigenvalue weighted by Crippen LogP contribution is 2.39. The van der Waals surface area contributed by atoms with E-state index in [4.69, 9.17) is 13.7 Å². The highest BCUT2D eigenvalue weighted by Gasteiger charge is 2.40. The number of carbonyl (C=O) groups is 2. The Labute approximate surface area is 251 Å². The average molecular weight is 622 g/mol. The number of aromatic nitrogens is 1. The topological polar surface area (TPSA) is 144 Å². The summed E-state index contributed by atoms with van der Waals surface area (Å²) in [4.78, 5) is 32.5. The van der Waals surface area contributed by atoms with Crippen LogP contribution >= 0.6 is 0 Å². The molecule has 43 heavy (non-hydrogen) atoms. The first-order valence-corrected chi connectivity index (χ1v) is 16.0. The number of nitrogens with one attached hydrogen (secondary N) is 1. The monoisotopic (exact) mass is 621 g/mol. The van der Waals surface area contributed by atoms with Gasteiger partial charge in [0, 0.05) is 26.1 Å². The molecule has 2 heterocycles. The maximum absolute atomic E-state index is 13.3. The first-order chi connectivity index (χ1) is 20.6. The van der Waals surface area contributed by atoms with Crippen LogP contribution in [0.3, 0.4) is 0 Å². The molecule has 2 aliphatic rings. The van der Waals surface area contributed by atoms with Crippen molar-refractivity contribution in [3.63, 3.8) is 0 Å². The zero-order valence-corrected chi connectivity index (χ0v) is 25.6. The summed E-state index contributed by atoms with van der Waals surface area (Å²) in [5.41, 5.74) is 0.216. The second-order valence-electron chi connectivity index (χ2n) is 11.1. The van der Waals surface area contributed by atoms with Gasteiger partial charge in [0.15, 0.2) is 0 Å². The highest BCUT2D eigenvalue weighted by atomic mass is 32.2. The number of pyridine rings is 1. The minimum absolute atomic E-state index is 0.0198. The van der Waals surface area contributed by atoms with Crippen LogP contribution in [0.1, 0.15) is 55.6 Å². The Hall–Kier alpha value is -3.29. The lowest BCUT2D eigenvalue weighted by atomic mass is 9.92. The van der Waals surface area contributed by atoms with E-state index in [1.807, 2.05) is 11.8 Å². The van der Waals surface area contributed by atoms with E-state index in [1.165, 1.54) is 18.2 Å². The van der Waals surface area contributed by atoms with Gasteiger partial charge in [-0.2, -0.15) is 8.42 Å². The predicted molar refractivity (Wildman–Crippen MR) is 156 cm³/mol. The first-order valence-electron chi connectivity index (χ1n) is 14.6. The predicted octanol–water partition coefficient (Wildman–Crippen LogP) is 3.18. The molecule has 0 radical (unpaired) electrons. The van der Waals surface area contributed by atoms with Crippen LogP contribution in [0.5, 0.6) is 5.88 Å². The fourth-order valence-electron chi connectivity index (χ4n) is 4.87. The van der Waals surface area contributed by atoms with E-state index < -0.39 is 40.3 Å². The van der Waals surface area contributed by atoms with Crippen LogP contribution in [0.25, 0.3) is 0 Å². The van der Waals surface area contributed by atoms with Crippen LogP contribution in [0.2, 0.25) is 0 Å². The van der Waals surface area contributed by atoms with Crippen LogP contribution in [-0.2, 0) is 23.8 Å². The molecule has 0 unspecified atom stereocenters. The Bertz CT molecular complexity index is 1380. The molecule has 1 amide bonds. The summed E-state index contributed by atoms with van der Waals surface area (Å²) in [6.07, 6.45) is 0.836. The summed E-state index contributed by atoms with van der Waals surface area (Å²) >= 11 is 0. The molecule has 0 bridgehead atoms. The third kappa shape index (κ3) is 7.81. The molecule has 4 rings (SSSR count). The standard InChI is InChI=1S/C30H40FN3O8S/c1-4-30(5-2,29(37)40-14-6-13-31)33-27(36)25-11-12-26(28(32-25)41-19-22-15-21(22)18-35)34-16-23(17-34)42-43(38,39)24-9-7-20(3)8-10-24/h7-12,21-23,35H,4-6,13-19H2,1-3H3,(H,33,36)/t21-,22-/m1/s1. The smallest absolute Gasteiger partial charge is 0.331 e. The number of benzene rings is 1. The lowest BCUT2D eigenvalue weighted by Gasteiger charge is -2.40. The van der Waals surface area contributed by atoms with Gasteiger partial charge in [-0.15, -0.1) is 0 Å². The van der Waals surface area contributed by atoms with Crippen molar-refractivity contribution in [1.82, 2.24) is 10.3 Å². The Morgan fingerprint density at radius 3 is 2.42 bits per heavy atom. The number of amides is 1. The van der Waals surface area contributed by atoms with Gasteiger partial charge in [-0.25, -0.2) is 9.78 Å². The molecule has 1 aliphatic carbocycles. The Morgan fingerprint density at radius 1 is 1.12 bits per heavy atom. The van der Waals surface area contributed by atoms with Crippen molar-refractivity contribution >= 4 is 27.7 Å². The van der Waals surface area contributed by atoms with E-state index in [0.29, 0.717) is 12.3 Å². The van der Waals surface area contributed by atoms with Crippen molar-refractivity contribution in [1.29, 1.82) is 0 Å². The van der Waals surface area contributed by atoms with Gasteiger partial charge in [-0.05, 0) is 62.3 Å². The summed E-state index contributed by atoms with van der Waals surface area (Å²) in [7, 11) is -3.94. The molecule has 1 saturated heterocycles. The number of rotatable bonds is 16. The second kappa shape index (κ2) is 14.0. The summed E-state index contributed by atoms with van der Waals surface area (Å²) < 4.78 is 54.6. The molecule has 11 nitrogen and oxygen atoms in total. The zero-order valence-electron chi connectivity index (χ0n) is 24.8. The average Bonchev–Trinajstić information content (AvgIpc) is 3.75. The summed E-state index contributed by atoms with van der Waals surface area (Å²) in [6, 6.07) is 9.60. The second-order valence-corrected chi connectivity index (χ2v) is 12.7. The van der Waals surface area contributed by atoms with E-state index in [1.54, 1.807) is 32.0 Å². The summed E-state index contributed by atoms with van der Waals surface area (Å²) in [5, 5.41) is 12.2. The lowest BCUT2D eigenvalue weighted by Crippen LogP contribution is -2.55. The Kier molecular flexibility index (Phi) is 10.6. The van der Waals surface area contributed by atoms with E-state index in [2.05, 4.69) is 10.3 Å². The van der Waals surface area contributed by atoms with Crippen molar-refractivity contribution in [2.45, 2.75) is 63.0 Å². The number of alkyl halides is 1. The number of aliphatic hydroxyl groups excluding tert-OH is 1. The molecule has 2 aromatic rings. The number of hydrogen-bond acceptors (Lipinski definition) is 10.